The topological polar surface area (TPSA) is 87.5 Å². The maximum Gasteiger partial charge on any atom is 0.238 e. The number of hydrogen-bond acceptors (Lipinski definition) is 4. The first-order chi connectivity index (χ1) is 9.92. The van der Waals surface area contributed by atoms with Crippen molar-refractivity contribution in [3.8, 4) is 0 Å². The fourth-order valence-corrected chi connectivity index (χ4v) is 1.80. The summed E-state index contributed by atoms with van der Waals surface area (Å²) in [5.41, 5.74) is 6.94. The first-order valence-electron chi connectivity index (χ1n) is 6.51. The van der Waals surface area contributed by atoms with Crippen molar-refractivity contribution in [2.45, 2.75) is 6.42 Å². The van der Waals surface area contributed by atoms with Crippen LogP contribution in [0.3, 0.4) is 0 Å². The predicted molar refractivity (Wildman–Crippen MR) is 87.1 cm³/mol. The summed E-state index contributed by atoms with van der Waals surface area (Å²) >= 11 is 4.86. The van der Waals surface area contributed by atoms with Crippen LogP contribution in [0.25, 0.3) is 0 Å². The number of amides is 2. The zero-order valence-electron chi connectivity index (χ0n) is 12.2. The summed E-state index contributed by atoms with van der Waals surface area (Å²) in [4.78, 5) is 25.1. The van der Waals surface area contributed by atoms with E-state index in [-0.39, 0.29) is 18.4 Å². The molecule has 0 aliphatic rings. The zero-order valence-corrected chi connectivity index (χ0v) is 13.0. The summed E-state index contributed by atoms with van der Waals surface area (Å²) in [7, 11) is 3.38. The molecule has 0 heterocycles. The zero-order chi connectivity index (χ0) is 15.8. The molecule has 0 bridgehead atoms. The van der Waals surface area contributed by atoms with Gasteiger partial charge in [0.05, 0.1) is 6.54 Å². The Kier molecular flexibility index (Phi) is 6.77. The maximum atomic E-state index is 11.9. The van der Waals surface area contributed by atoms with Crippen molar-refractivity contribution in [1.29, 1.82) is 0 Å². The Morgan fingerprint density at radius 3 is 2.38 bits per heavy atom. The second kappa shape index (κ2) is 8.33. The van der Waals surface area contributed by atoms with E-state index in [1.54, 1.807) is 43.3 Å². The average molecular weight is 308 g/mol. The molecule has 0 saturated heterocycles. The quantitative estimate of drug-likeness (QED) is 0.632. The van der Waals surface area contributed by atoms with E-state index in [9.17, 15) is 9.59 Å². The first-order valence-corrected chi connectivity index (χ1v) is 6.92. The molecule has 2 amide bonds. The highest BCUT2D eigenvalue weighted by Gasteiger charge is 2.08. The van der Waals surface area contributed by atoms with Gasteiger partial charge < -0.3 is 16.4 Å². The molecule has 0 spiro atoms. The molecule has 21 heavy (non-hydrogen) atoms. The second-order valence-electron chi connectivity index (χ2n) is 4.65. The molecular formula is C14H20N4O2S. The normalized spacial score (nSPS) is 10.2. The van der Waals surface area contributed by atoms with Crippen LogP contribution in [0.4, 0.5) is 5.69 Å². The van der Waals surface area contributed by atoms with E-state index in [2.05, 4.69) is 10.6 Å². The van der Waals surface area contributed by atoms with Gasteiger partial charge in [0, 0.05) is 31.3 Å². The van der Waals surface area contributed by atoms with Crippen molar-refractivity contribution < 1.29 is 9.59 Å². The molecule has 114 valence electrons. The van der Waals surface area contributed by atoms with Crippen LogP contribution < -0.4 is 16.4 Å². The van der Waals surface area contributed by atoms with Gasteiger partial charge >= 0.3 is 0 Å². The lowest BCUT2D eigenvalue weighted by Crippen LogP contribution is -2.33. The molecule has 0 saturated carbocycles. The molecule has 0 fully saturated rings. The number of thiocarbonyl (C=S) groups is 1. The fourth-order valence-electron chi connectivity index (χ4n) is 1.66. The molecule has 0 unspecified atom stereocenters. The van der Waals surface area contributed by atoms with Gasteiger partial charge in [-0.1, -0.05) is 12.2 Å². The van der Waals surface area contributed by atoms with Crippen molar-refractivity contribution in [3.63, 3.8) is 0 Å². The van der Waals surface area contributed by atoms with Crippen LogP contribution in [0.15, 0.2) is 24.3 Å². The largest absolute Gasteiger partial charge is 0.389 e. The fraction of sp³-hybridized carbons (Fsp3) is 0.357. The smallest absolute Gasteiger partial charge is 0.238 e. The van der Waals surface area contributed by atoms with Gasteiger partial charge in [0.15, 0.2) is 0 Å². The Labute approximate surface area is 129 Å². The first kappa shape index (κ1) is 17.1. The third-order valence-electron chi connectivity index (χ3n) is 2.87. The Balaban J connectivity index is 2.42. The van der Waals surface area contributed by atoms with Gasteiger partial charge in [-0.05, 0) is 31.3 Å². The molecule has 4 N–H and O–H groups in total. The Morgan fingerprint density at radius 2 is 1.86 bits per heavy atom. The number of rotatable bonds is 7. The lowest BCUT2D eigenvalue weighted by Gasteiger charge is -2.15. The number of carbonyl (C=O) groups excluding carboxylic acids is 2. The summed E-state index contributed by atoms with van der Waals surface area (Å²) < 4.78 is 0. The van der Waals surface area contributed by atoms with Crippen molar-refractivity contribution in [1.82, 2.24) is 10.2 Å². The molecule has 1 aromatic carbocycles. The summed E-state index contributed by atoms with van der Waals surface area (Å²) in [5, 5.41) is 5.32. The van der Waals surface area contributed by atoms with Gasteiger partial charge in [-0.3, -0.25) is 14.5 Å². The van der Waals surface area contributed by atoms with Crippen LogP contribution in [-0.4, -0.2) is 48.9 Å². The number of anilines is 1. The Bertz CT molecular complexity index is 516. The van der Waals surface area contributed by atoms with Gasteiger partial charge in [-0.15, -0.1) is 0 Å². The highest BCUT2D eigenvalue weighted by Crippen LogP contribution is 2.09. The lowest BCUT2D eigenvalue weighted by molar-refractivity contribution is -0.122. The van der Waals surface area contributed by atoms with E-state index in [0.717, 1.165) is 5.56 Å². The van der Waals surface area contributed by atoms with E-state index in [1.165, 1.54) is 0 Å². The molecule has 0 aliphatic carbocycles. The minimum absolute atomic E-state index is 0.0457. The van der Waals surface area contributed by atoms with E-state index >= 15 is 0 Å². The molecule has 0 aromatic heterocycles. The van der Waals surface area contributed by atoms with Crippen molar-refractivity contribution >= 4 is 34.7 Å². The van der Waals surface area contributed by atoms with E-state index in [1.807, 2.05) is 0 Å². The van der Waals surface area contributed by atoms with Gasteiger partial charge in [0.1, 0.15) is 4.99 Å². The molecule has 0 atom stereocenters. The molecular weight excluding hydrogens is 288 g/mol. The number of nitrogens with zero attached hydrogens (tertiary/aromatic N) is 1. The Morgan fingerprint density at radius 1 is 1.24 bits per heavy atom. The monoisotopic (exact) mass is 308 g/mol. The van der Waals surface area contributed by atoms with Crippen LogP contribution in [0.1, 0.15) is 12.0 Å². The molecule has 1 rings (SSSR count). The third-order valence-corrected chi connectivity index (χ3v) is 3.10. The number of carbonyl (C=O) groups is 2. The van der Waals surface area contributed by atoms with Crippen molar-refractivity contribution in [2.75, 3.05) is 32.5 Å². The van der Waals surface area contributed by atoms with E-state index in [0.29, 0.717) is 23.6 Å². The number of hydrogen-bond donors (Lipinski definition) is 3. The number of benzene rings is 1. The van der Waals surface area contributed by atoms with E-state index in [4.69, 9.17) is 18.0 Å². The minimum atomic E-state index is -0.141. The third kappa shape index (κ3) is 6.33. The van der Waals surface area contributed by atoms with Gasteiger partial charge in [-0.25, -0.2) is 0 Å². The SMILES string of the molecule is CNC(=O)CCN(C)CC(=O)Nc1ccc(C(N)=S)cc1. The second-order valence-corrected chi connectivity index (χ2v) is 5.09. The van der Waals surface area contributed by atoms with Gasteiger partial charge in [0.25, 0.3) is 0 Å². The van der Waals surface area contributed by atoms with Crippen LogP contribution in [0.2, 0.25) is 0 Å². The molecule has 0 aliphatic heterocycles. The molecule has 0 radical (unpaired) electrons. The number of likely N-dealkylation sites (N-methyl/N-ethyl adjacent to an activating group) is 1. The van der Waals surface area contributed by atoms with Crippen LogP contribution in [0, 0.1) is 0 Å². The highest BCUT2D eigenvalue weighted by molar-refractivity contribution is 7.80. The predicted octanol–water partition coefficient (Wildman–Crippen LogP) is 0.327. The molecule has 7 heteroatoms. The summed E-state index contributed by atoms with van der Waals surface area (Å²) in [5.74, 6) is -0.187. The lowest BCUT2D eigenvalue weighted by atomic mass is 10.2. The number of nitrogens with one attached hydrogen (secondary N) is 2. The molecule has 6 nitrogen and oxygen atoms in total. The van der Waals surface area contributed by atoms with Gasteiger partial charge in [-0.2, -0.15) is 0 Å². The summed E-state index contributed by atoms with van der Waals surface area (Å²) in [6.45, 7) is 0.738. The van der Waals surface area contributed by atoms with Gasteiger partial charge in [0.2, 0.25) is 11.8 Å². The van der Waals surface area contributed by atoms with Crippen LogP contribution in [-0.2, 0) is 9.59 Å². The van der Waals surface area contributed by atoms with Crippen molar-refractivity contribution in [3.05, 3.63) is 29.8 Å². The van der Waals surface area contributed by atoms with Crippen LogP contribution in [0.5, 0.6) is 0 Å². The average Bonchev–Trinajstić information content (AvgIpc) is 2.45. The highest BCUT2D eigenvalue weighted by atomic mass is 32.1. The molecule has 1 aromatic rings. The Hall–Kier alpha value is -1.99. The van der Waals surface area contributed by atoms with Crippen LogP contribution >= 0.6 is 12.2 Å². The van der Waals surface area contributed by atoms with Crippen molar-refractivity contribution in [2.24, 2.45) is 5.73 Å². The summed E-state index contributed by atoms with van der Waals surface area (Å²) in [6.07, 6.45) is 0.364. The van der Waals surface area contributed by atoms with E-state index < -0.39 is 0 Å². The minimum Gasteiger partial charge on any atom is -0.389 e. The summed E-state index contributed by atoms with van der Waals surface area (Å²) in [6, 6.07) is 7.01. The number of nitrogens with two attached hydrogens (primary N) is 1. The maximum absolute atomic E-state index is 11.9. The standard InChI is InChI=1S/C14H20N4O2S/c1-16-12(19)7-8-18(2)9-13(20)17-11-5-3-10(4-6-11)14(15)21/h3-6H,7-9H2,1-2H3,(H2,15,21)(H,16,19)(H,17,20).